The van der Waals surface area contributed by atoms with E-state index < -0.39 is 15.3 Å². The summed E-state index contributed by atoms with van der Waals surface area (Å²) in [6, 6.07) is 0. The molecule has 0 aromatic carbocycles. The largest absolute Gasteiger partial charge is 0.382 e. The number of rotatable bonds is 9. The maximum absolute atomic E-state index is 11.7. The van der Waals surface area contributed by atoms with Gasteiger partial charge in [0.15, 0.2) is 0 Å². The van der Waals surface area contributed by atoms with Crippen LogP contribution < -0.4 is 10.0 Å². The normalized spacial score (nSPS) is 16.0. The van der Waals surface area contributed by atoms with Crippen molar-refractivity contribution in [2.75, 3.05) is 41.0 Å². The minimum absolute atomic E-state index is 0.223. The molecule has 0 aromatic rings. The van der Waals surface area contributed by atoms with Gasteiger partial charge in [-0.2, -0.15) is 0 Å². The van der Waals surface area contributed by atoms with Crippen LogP contribution in [0.4, 0.5) is 0 Å². The van der Waals surface area contributed by atoms with Crippen LogP contribution in [0.15, 0.2) is 0 Å². The second kappa shape index (κ2) is 7.97. The molecule has 2 N–H and O–H groups in total. The average Bonchev–Trinajstić information content (AvgIpc) is 2.24. The van der Waals surface area contributed by atoms with E-state index in [1.807, 2.05) is 0 Å². The Morgan fingerprint density at radius 2 is 1.88 bits per heavy atom. The Bertz CT molecular complexity index is 269. The molecule has 0 heterocycles. The molecule has 0 aliphatic rings. The van der Waals surface area contributed by atoms with Crippen LogP contribution in [0.1, 0.15) is 6.92 Å². The summed E-state index contributed by atoms with van der Waals surface area (Å²) in [6.07, 6.45) is -0.262. The molecule has 16 heavy (non-hydrogen) atoms. The van der Waals surface area contributed by atoms with E-state index in [0.717, 1.165) is 0 Å². The van der Waals surface area contributed by atoms with Crippen LogP contribution in [0.25, 0.3) is 0 Å². The summed E-state index contributed by atoms with van der Waals surface area (Å²) in [5.41, 5.74) is 0. The van der Waals surface area contributed by atoms with Crippen molar-refractivity contribution in [3.8, 4) is 0 Å². The fourth-order valence-corrected chi connectivity index (χ4v) is 2.23. The van der Waals surface area contributed by atoms with Crippen molar-refractivity contribution in [2.45, 2.75) is 18.3 Å². The van der Waals surface area contributed by atoms with Gasteiger partial charge in [0.05, 0.1) is 18.0 Å². The monoisotopic (exact) mass is 254 g/mol. The Balaban J connectivity index is 4.16. The van der Waals surface area contributed by atoms with Gasteiger partial charge in [0.2, 0.25) is 10.0 Å². The molecule has 0 aromatic heterocycles. The highest BCUT2D eigenvalue weighted by molar-refractivity contribution is 7.90. The number of sulfonamides is 1. The smallest absolute Gasteiger partial charge is 0.215 e. The maximum atomic E-state index is 11.7. The molecule has 0 rings (SSSR count). The van der Waals surface area contributed by atoms with Gasteiger partial charge in [0.1, 0.15) is 0 Å². The van der Waals surface area contributed by atoms with E-state index in [9.17, 15) is 8.42 Å². The van der Waals surface area contributed by atoms with E-state index in [-0.39, 0.29) is 12.6 Å². The van der Waals surface area contributed by atoms with Gasteiger partial charge in [-0.1, -0.05) is 0 Å². The van der Waals surface area contributed by atoms with Gasteiger partial charge in [0, 0.05) is 27.3 Å². The molecule has 0 aliphatic heterocycles. The van der Waals surface area contributed by atoms with Gasteiger partial charge in [0.25, 0.3) is 0 Å². The van der Waals surface area contributed by atoms with Crippen molar-refractivity contribution in [3.63, 3.8) is 0 Å². The molecule has 98 valence electrons. The van der Waals surface area contributed by atoms with Crippen molar-refractivity contribution < 1.29 is 17.9 Å². The van der Waals surface area contributed by atoms with Crippen LogP contribution >= 0.6 is 0 Å². The van der Waals surface area contributed by atoms with E-state index in [2.05, 4.69) is 10.0 Å². The van der Waals surface area contributed by atoms with Gasteiger partial charge in [-0.15, -0.1) is 0 Å². The fourth-order valence-electron chi connectivity index (χ4n) is 1.14. The molecule has 0 fully saturated rings. The van der Waals surface area contributed by atoms with Crippen molar-refractivity contribution >= 4 is 10.0 Å². The topological polar surface area (TPSA) is 76.7 Å². The Labute approximate surface area is 97.7 Å². The number of hydrogen-bond donors (Lipinski definition) is 2. The lowest BCUT2D eigenvalue weighted by atomic mass is 10.4. The van der Waals surface area contributed by atoms with Gasteiger partial charge in [-0.05, 0) is 14.0 Å². The fraction of sp³-hybridized carbons (Fsp3) is 1.00. The molecule has 2 atom stereocenters. The predicted molar refractivity (Wildman–Crippen MR) is 63.0 cm³/mol. The first kappa shape index (κ1) is 15.8. The molecule has 0 amide bonds. The molecular weight excluding hydrogens is 232 g/mol. The maximum Gasteiger partial charge on any atom is 0.215 e. The highest BCUT2D eigenvalue weighted by Crippen LogP contribution is 1.98. The lowest BCUT2D eigenvalue weighted by Gasteiger charge is -2.17. The first-order valence-corrected chi connectivity index (χ1v) is 6.67. The zero-order chi connectivity index (χ0) is 12.6. The van der Waals surface area contributed by atoms with Crippen molar-refractivity contribution in [1.82, 2.24) is 10.0 Å². The number of methoxy groups -OCH3 is 2. The van der Waals surface area contributed by atoms with E-state index >= 15 is 0 Å². The van der Waals surface area contributed by atoms with Crippen LogP contribution in [-0.2, 0) is 19.5 Å². The average molecular weight is 254 g/mol. The minimum Gasteiger partial charge on any atom is -0.382 e. The summed E-state index contributed by atoms with van der Waals surface area (Å²) in [4.78, 5) is 0. The molecule has 2 unspecified atom stereocenters. The first-order valence-electron chi connectivity index (χ1n) is 5.12. The van der Waals surface area contributed by atoms with E-state index in [4.69, 9.17) is 9.47 Å². The predicted octanol–water partition coefficient (Wildman–Crippen LogP) is -0.825. The lowest BCUT2D eigenvalue weighted by Crippen LogP contribution is -2.42. The Morgan fingerprint density at radius 1 is 1.25 bits per heavy atom. The zero-order valence-electron chi connectivity index (χ0n) is 10.3. The third kappa shape index (κ3) is 5.76. The number of ether oxygens (including phenoxy) is 2. The van der Waals surface area contributed by atoms with Gasteiger partial charge < -0.3 is 14.8 Å². The third-order valence-electron chi connectivity index (χ3n) is 2.22. The van der Waals surface area contributed by atoms with Crippen LogP contribution in [-0.4, -0.2) is 60.7 Å². The summed E-state index contributed by atoms with van der Waals surface area (Å²) in [5, 5.41) is 2.35. The molecule has 0 saturated heterocycles. The summed E-state index contributed by atoms with van der Waals surface area (Å²) >= 11 is 0. The molecule has 0 saturated carbocycles. The van der Waals surface area contributed by atoms with E-state index in [0.29, 0.717) is 13.2 Å². The molecule has 6 nitrogen and oxygen atoms in total. The summed E-state index contributed by atoms with van der Waals surface area (Å²) < 4.78 is 35.9. The quantitative estimate of drug-likeness (QED) is 0.562. The molecule has 7 heteroatoms. The highest BCUT2D eigenvalue weighted by Gasteiger charge is 2.21. The van der Waals surface area contributed by atoms with Crippen LogP contribution in [0, 0.1) is 0 Å². The summed E-state index contributed by atoms with van der Waals surface area (Å²) in [7, 11) is 1.49. The summed E-state index contributed by atoms with van der Waals surface area (Å²) in [5.74, 6) is 0. The van der Waals surface area contributed by atoms with Crippen LogP contribution in [0.2, 0.25) is 0 Å². The molecule has 0 spiro atoms. The van der Waals surface area contributed by atoms with Crippen LogP contribution in [0.5, 0.6) is 0 Å². The number of nitrogens with one attached hydrogen (secondary N) is 2. The molecule has 0 radical (unpaired) electrons. The van der Waals surface area contributed by atoms with Gasteiger partial charge in [-0.25, -0.2) is 13.1 Å². The van der Waals surface area contributed by atoms with Crippen molar-refractivity contribution in [1.29, 1.82) is 0 Å². The van der Waals surface area contributed by atoms with Crippen molar-refractivity contribution in [3.05, 3.63) is 0 Å². The first-order chi connectivity index (χ1) is 7.47. The third-order valence-corrected chi connectivity index (χ3v) is 4.01. The highest BCUT2D eigenvalue weighted by atomic mass is 32.2. The SMILES string of the molecule is CNCC(C)S(=O)(=O)NCC(COC)OC. The Morgan fingerprint density at radius 3 is 2.31 bits per heavy atom. The summed E-state index contributed by atoms with van der Waals surface area (Å²) in [6.45, 7) is 2.65. The lowest BCUT2D eigenvalue weighted by molar-refractivity contribution is 0.0319. The van der Waals surface area contributed by atoms with Gasteiger partial charge in [-0.3, -0.25) is 0 Å². The number of hydrogen-bond acceptors (Lipinski definition) is 5. The Kier molecular flexibility index (Phi) is 7.86. The minimum atomic E-state index is -3.29. The Hall–Kier alpha value is -0.210. The molecule has 0 aliphatic carbocycles. The van der Waals surface area contributed by atoms with E-state index in [1.165, 1.54) is 7.11 Å². The second-order valence-corrected chi connectivity index (χ2v) is 5.76. The standard InChI is InChI=1S/C9H22N2O4S/c1-8(5-10-2)16(12,13)11-6-9(15-4)7-14-3/h8-11H,5-7H2,1-4H3. The van der Waals surface area contributed by atoms with E-state index in [1.54, 1.807) is 21.1 Å². The zero-order valence-corrected chi connectivity index (χ0v) is 11.1. The van der Waals surface area contributed by atoms with Gasteiger partial charge >= 0.3 is 0 Å². The van der Waals surface area contributed by atoms with Crippen molar-refractivity contribution in [2.24, 2.45) is 0 Å². The molecular formula is C9H22N2O4S. The molecule has 0 bridgehead atoms. The van der Waals surface area contributed by atoms with Crippen LogP contribution in [0.3, 0.4) is 0 Å². The second-order valence-electron chi connectivity index (χ2n) is 3.57.